The van der Waals surface area contributed by atoms with E-state index in [1.165, 1.54) is 0 Å². The largest absolute Gasteiger partial charge is 0.454 e. The van der Waals surface area contributed by atoms with Crippen LogP contribution in [0.3, 0.4) is 0 Å². The smallest absolute Gasteiger partial charge is 0.148 e. The SMILES string of the molecule is CCc1nc(C)ccc1Oc1ccc([C@@H](C)N)cc1Cl. The molecular weight excluding hydrogens is 272 g/mol. The van der Waals surface area contributed by atoms with Gasteiger partial charge in [0.1, 0.15) is 11.5 Å². The van der Waals surface area contributed by atoms with Crippen LogP contribution in [0, 0.1) is 6.92 Å². The topological polar surface area (TPSA) is 48.1 Å². The third-order valence-corrected chi connectivity index (χ3v) is 3.40. The maximum Gasteiger partial charge on any atom is 0.148 e. The van der Waals surface area contributed by atoms with E-state index in [-0.39, 0.29) is 6.04 Å². The van der Waals surface area contributed by atoms with Crippen LogP contribution in [0.4, 0.5) is 0 Å². The molecule has 1 atom stereocenters. The molecule has 0 aliphatic rings. The van der Waals surface area contributed by atoms with Gasteiger partial charge in [0.2, 0.25) is 0 Å². The first-order chi connectivity index (χ1) is 9.51. The van der Waals surface area contributed by atoms with Gasteiger partial charge in [-0.2, -0.15) is 0 Å². The molecule has 0 saturated carbocycles. The Morgan fingerprint density at radius 2 is 1.95 bits per heavy atom. The summed E-state index contributed by atoms with van der Waals surface area (Å²) in [6.07, 6.45) is 0.812. The van der Waals surface area contributed by atoms with E-state index in [1.807, 2.05) is 44.2 Å². The van der Waals surface area contributed by atoms with Crippen molar-refractivity contribution in [1.82, 2.24) is 4.98 Å². The molecule has 4 heteroatoms. The van der Waals surface area contributed by atoms with E-state index in [0.29, 0.717) is 10.8 Å². The van der Waals surface area contributed by atoms with Crippen LogP contribution < -0.4 is 10.5 Å². The zero-order valence-corrected chi connectivity index (χ0v) is 12.7. The summed E-state index contributed by atoms with van der Waals surface area (Å²) in [6.45, 7) is 5.94. The Balaban J connectivity index is 2.30. The fraction of sp³-hybridized carbons (Fsp3) is 0.312. The van der Waals surface area contributed by atoms with E-state index in [9.17, 15) is 0 Å². The van der Waals surface area contributed by atoms with Crippen molar-refractivity contribution < 1.29 is 4.74 Å². The summed E-state index contributed by atoms with van der Waals surface area (Å²) in [6, 6.07) is 9.43. The molecule has 0 unspecified atom stereocenters. The van der Waals surface area contributed by atoms with Crippen LogP contribution in [0.15, 0.2) is 30.3 Å². The van der Waals surface area contributed by atoms with Crippen molar-refractivity contribution in [3.05, 3.63) is 52.3 Å². The highest BCUT2D eigenvalue weighted by Crippen LogP contribution is 2.32. The van der Waals surface area contributed by atoms with Crippen molar-refractivity contribution in [2.24, 2.45) is 5.73 Å². The Bertz CT molecular complexity index is 611. The van der Waals surface area contributed by atoms with Crippen LogP contribution in [0.5, 0.6) is 11.5 Å². The number of benzene rings is 1. The van der Waals surface area contributed by atoms with E-state index in [1.54, 1.807) is 0 Å². The van der Waals surface area contributed by atoms with Crippen LogP contribution in [0.25, 0.3) is 0 Å². The van der Waals surface area contributed by atoms with E-state index in [2.05, 4.69) is 11.9 Å². The first kappa shape index (κ1) is 14.8. The summed E-state index contributed by atoms with van der Waals surface area (Å²) in [4.78, 5) is 4.48. The minimum atomic E-state index is -0.0474. The average Bonchev–Trinajstić information content (AvgIpc) is 2.42. The number of halogens is 1. The van der Waals surface area contributed by atoms with Crippen molar-refractivity contribution in [1.29, 1.82) is 0 Å². The zero-order valence-electron chi connectivity index (χ0n) is 12.0. The Morgan fingerprint density at radius 1 is 1.25 bits per heavy atom. The summed E-state index contributed by atoms with van der Waals surface area (Å²) in [5.41, 5.74) is 8.73. The molecule has 0 radical (unpaired) electrons. The van der Waals surface area contributed by atoms with Crippen LogP contribution in [0.2, 0.25) is 5.02 Å². The predicted molar refractivity (Wildman–Crippen MR) is 82.5 cm³/mol. The second-order valence-corrected chi connectivity index (χ2v) is 5.24. The first-order valence-corrected chi connectivity index (χ1v) is 7.08. The molecule has 2 N–H and O–H groups in total. The molecule has 0 amide bonds. The maximum atomic E-state index is 6.25. The van der Waals surface area contributed by atoms with E-state index in [4.69, 9.17) is 22.1 Å². The fourth-order valence-electron chi connectivity index (χ4n) is 1.95. The third kappa shape index (κ3) is 3.30. The highest BCUT2D eigenvalue weighted by Gasteiger charge is 2.10. The maximum absolute atomic E-state index is 6.25. The van der Waals surface area contributed by atoms with E-state index >= 15 is 0 Å². The number of ether oxygens (including phenoxy) is 1. The van der Waals surface area contributed by atoms with Gasteiger partial charge in [-0.1, -0.05) is 24.6 Å². The number of rotatable bonds is 4. The molecule has 2 aromatic rings. The Kier molecular flexibility index (Phi) is 4.63. The molecule has 0 bridgehead atoms. The number of nitrogens with two attached hydrogens (primary N) is 1. The summed E-state index contributed by atoms with van der Waals surface area (Å²) >= 11 is 6.25. The van der Waals surface area contributed by atoms with Gasteiger partial charge >= 0.3 is 0 Å². The van der Waals surface area contributed by atoms with Crippen molar-refractivity contribution in [2.45, 2.75) is 33.2 Å². The average molecular weight is 291 g/mol. The summed E-state index contributed by atoms with van der Waals surface area (Å²) in [5, 5.41) is 0.558. The van der Waals surface area contributed by atoms with E-state index < -0.39 is 0 Å². The monoisotopic (exact) mass is 290 g/mol. The highest BCUT2D eigenvalue weighted by molar-refractivity contribution is 6.32. The lowest BCUT2D eigenvalue weighted by atomic mass is 10.1. The van der Waals surface area contributed by atoms with Crippen molar-refractivity contribution in [3.63, 3.8) is 0 Å². The Hall–Kier alpha value is -1.58. The van der Waals surface area contributed by atoms with Crippen LogP contribution >= 0.6 is 11.6 Å². The zero-order chi connectivity index (χ0) is 14.7. The molecule has 2 rings (SSSR count). The molecule has 0 saturated heterocycles. The van der Waals surface area contributed by atoms with Gasteiger partial charge < -0.3 is 10.5 Å². The van der Waals surface area contributed by atoms with Crippen molar-refractivity contribution in [3.8, 4) is 11.5 Å². The van der Waals surface area contributed by atoms with Gasteiger partial charge in [-0.3, -0.25) is 4.98 Å². The second kappa shape index (κ2) is 6.25. The minimum absolute atomic E-state index is 0.0474. The summed E-state index contributed by atoms with van der Waals surface area (Å²) < 4.78 is 5.89. The first-order valence-electron chi connectivity index (χ1n) is 6.70. The summed E-state index contributed by atoms with van der Waals surface area (Å²) in [7, 11) is 0. The second-order valence-electron chi connectivity index (χ2n) is 4.83. The lowest BCUT2D eigenvalue weighted by molar-refractivity contribution is 0.472. The fourth-order valence-corrected chi connectivity index (χ4v) is 2.17. The molecule has 20 heavy (non-hydrogen) atoms. The van der Waals surface area contributed by atoms with Crippen molar-refractivity contribution >= 4 is 11.6 Å². The predicted octanol–water partition coefficient (Wildman–Crippen LogP) is 4.42. The third-order valence-electron chi connectivity index (χ3n) is 3.11. The molecule has 0 fully saturated rings. The molecule has 0 aliphatic heterocycles. The molecule has 3 nitrogen and oxygen atoms in total. The number of aryl methyl sites for hydroxylation is 2. The van der Waals surface area contributed by atoms with E-state index in [0.717, 1.165) is 29.1 Å². The number of pyridine rings is 1. The van der Waals surface area contributed by atoms with Crippen LogP contribution in [-0.4, -0.2) is 4.98 Å². The van der Waals surface area contributed by atoms with Gasteiger partial charge in [-0.05, 0) is 50.1 Å². The summed E-state index contributed by atoms with van der Waals surface area (Å²) in [5.74, 6) is 1.37. The molecule has 0 spiro atoms. The number of aromatic nitrogens is 1. The molecule has 106 valence electrons. The van der Waals surface area contributed by atoms with Crippen LogP contribution in [0.1, 0.15) is 36.8 Å². The van der Waals surface area contributed by atoms with Gasteiger partial charge in [0.15, 0.2) is 0 Å². The molecular formula is C16H19ClN2O. The Morgan fingerprint density at radius 3 is 2.55 bits per heavy atom. The van der Waals surface area contributed by atoms with Crippen molar-refractivity contribution in [2.75, 3.05) is 0 Å². The van der Waals surface area contributed by atoms with Crippen LogP contribution in [-0.2, 0) is 6.42 Å². The minimum Gasteiger partial charge on any atom is -0.454 e. The van der Waals surface area contributed by atoms with Gasteiger partial charge in [-0.15, -0.1) is 0 Å². The lowest BCUT2D eigenvalue weighted by Gasteiger charge is -2.13. The quantitative estimate of drug-likeness (QED) is 0.907. The standard InChI is InChI=1S/C16H19ClN2O/c1-4-14-16(7-5-10(2)19-14)20-15-8-6-12(11(3)18)9-13(15)17/h5-9,11H,4,18H2,1-3H3/t11-/m1/s1. The number of hydrogen-bond donors (Lipinski definition) is 1. The Labute approximate surface area is 124 Å². The lowest BCUT2D eigenvalue weighted by Crippen LogP contribution is -2.04. The van der Waals surface area contributed by atoms with Gasteiger partial charge in [0, 0.05) is 11.7 Å². The van der Waals surface area contributed by atoms with Gasteiger partial charge in [0.05, 0.1) is 10.7 Å². The van der Waals surface area contributed by atoms with Gasteiger partial charge in [-0.25, -0.2) is 0 Å². The molecule has 1 aromatic heterocycles. The molecule has 1 heterocycles. The number of nitrogens with zero attached hydrogens (tertiary/aromatic N) is 1. The molecule has 0 aliphatic carbocycles. The normalized spacial score (nSPS) is 12.2. The molecule has 1 aromatic carbocycles. The highest BCUT2D eigenvalue weighted by atomic mass is 35.5. The van der Waals surface area contributed by atoms with Gasteiger partial charge in [0.25, 0.3) is 0 Å². The number of hydrogen-bond acceptors (Lipinski definition) is 3.